The Hall–Kier alpha value is -3.67. The standard InChI is InChI=1S/C21H14FNO4/c22-16-6-1-5-15(10-16)13-26-17-7-2-4-14(11-17)12-18-21(24)27-20(23-18)19-8-3-9-25-19/h1-12H,13H2/b18-12-. The summed E-state index contributed by atoms with van der Waals surface area (Å²) >= 11 is 0. The third-order valence-corrected chi connectivity index (χ3v) is 3.81. The second kappa shape index (κ2) is 7.29. The zero-order valence-corrected chi connectivity index (χ0v) is 14.1. The summed E-state index contributed by atoms with van der Waals surface area (Å²) in [5.41, 5.74) is 1.62. The minimum atomic E-state index is -0.549. The Bertz CT molecular complexity index is 1040. The second-order valence-corrected chi connectivity index (χ2v) is 5.80. The van der Waals surface area contributed by atoms with Crippen molar-refractivity contribution in [3.05, 3.63) is 95.3 Å². The first-order valence-corrected chi connectivity index (χ1v) is 8.21. The first kappa shape index (κ1) is 16.8. The highest BCUT2D eigenvalue weighted by atomic mass is 19.1. The monoisotopic (exact) mass is 363 g/mol. The third kappa shape index (κ3) is 3.95. The summed E-state index contributed by atoms with van der Waals surface area (Å²) in [4.78, 5) is 16.2. The molecule has 0 saturated carbocycles. The molecule has 0 radical (unpaired) electrons. The van der Waals surface area contributed by atoms with Crippen molar-refractivity contribution >= 4 is 17.9 Å². The van der Waals surface area contributed by atoms with Crippen molar-refractivity contribution in [2.45, 2.75) is 6.61 Å². The van der Waals surface area contributed by atoms with Crippen LogP contribution in [0.25, 0.3) is 6.08 Å². The predicted octanol–water partition coefficient (Wildman–Crippen LogP) is 4.34. The molecule has 2 aromatic carbocycles. The zero-order valence-electron chi connectivity index (χ0n) is 14.1. The number of rotatable bonds is 5. The highest BCUT2D eigenvalue weighted by Crippen LogP contribution is 2.22. The van der Waals surface area contributed by atoms with Crippen molar-refractivity contribution < 1.29 is 23.1 Å². The Labute approximate surface area is 154 Å². The number of aliphatic imine (C=N–C) groups is 1. The lowest BCUT2D eigenvalue weighted by molar-refractivity contribution is -0.130. The van der Waals surface area contributed by atoms with E-state index in [2.05, 4.69) is 4.99 Å². The first-order valence-electron chi connectivity index (χ1n) is 8.21. The van der Waals surface area contributed by atoms with Crippen LogP contribution in [0, 0.1) is 5.82 Å². The van der Waals surface area contributed by atoms with Crippen LogP contribution in [0.2, 0.25) is 0 Å². The van der Waals surface area contributed by atoms with Crippen LogP contribution >= 0.6 is 0 Å². The third-order valence-electron chi connectivity index (χ3n) is 3.81. The molecule has 1 aliphatic rings. The SMILES string of the molecule is O=C1OC(c2ccco2)=N/C1=C\c1cccc(OCc2cccc(F)c2)c1. The maximum atomic E-state index is 13.2. The Morgan fingerprint density at radius 1 is 1.07 bits per heavy atom. The average molecular weight is 363 g/mol. The van der Waals surface area contributed by atoms with Crippen molar-refractivity contribution in [1.82, 2.24) is 0 Å². The summed E-state index contributed by atoms with van der Waals surface area (Å²) in [7, 11) is 0. The lowest BCUT2D eigenvalue weighted by Crippen LogP contribution is -2.04. The molecule has 0 aliphatic carbocycles. The summed E-state index contributed by atoms with van der Waals surface area (Å²) < 4.78 is 29.2. The first-order chi connectivity index (χ1) is 13.2. The van der Waals surface area contributed by atoms with Gasteiger partial charge in [0.1, 0.15) is 18.2 Å². The van der Waals surface area contributed by atoms with Gasteiger partial charge >= 0.3 is 5.97 Å². The second-order valence-electron chi connectivity index (χ2n) is 5.80. The number of hydrogen-bond donors (Lipinski definition) is 0. The Morgan fingerprint density at radius 2 is 1.96 bits per heavy atom. The number of halogens is 1. The topological polar surface area (TPSA) is 61.0 Å². The molecule has 2 heterocycles. The van der Waals surface area contributed by atoms with E-state index in [9.17, 15) is 9.18 Å². The van der Waals surface area contributed by atoms with Gasteiger partial charge in [-0.25, -0.2) is 14.2 Å². The molecule has 1 aliphatic heterocycles. The average Bonchev–Trinajstić information content (AvgIpc) is 3.31. The van der Waals surface area contributed by atoms with E-state index in [1.165, 1.54) is 18.4 Å². The van der Waals surface area contributed by atoms with Crippen LogP contribution in [-0.4, -0.2) is 11.9 Å². The van der Waals surface area contributed by atoms with Gasteiger partial charge in [-0.2, -0.15) is 0 Å². The van der Waals surface area contributed by atoms with Crippen molar-refractivity contribution in [3.63, 3.8) is 0 Å². The van der Waals surface area contributed by atoms with Crippen LogP contribution in [0.4, 0.5) is 4.39 Å². The van der Waals surface area contributed by atoms with E-state index in [-0.39, 0.29) is 24.0 Å². The molecular formula is C21H14FNO4. The van der Waals surface area contributed by atoms with Crippen LogP contribution in [-0.2, 0) is 16.1 Å². The number of cyclic esters (lactones) is 1. The van der Waals surface area contributed by atoms with Gasteiger partial charge in [0, 0.05) is 0 Å². The van der Waals surface area contributed by atoms with Crippen LogP contribution in [0.15, 0.2) is 82.0 Å². The number of furan rings is 1. The maximum Gasteiger partial charge on any atom is 0.363 e. The smallest absolute Gasteiger partial charge is 0.363 e. The lowest BCUT2D eigenvalue weighted by Gasteiger charge is -2.07. The van der Waals surface area contributed by atoms with Gasteiger partial charge in [0.15, 0.2) is 11.5 Å². The molecule has 0 fully saturated rings. The number of hydrogen-bond acceptors (Lipinski definition) is 5. The normalized spacial score (nSPS) is 14.9. The molecule has 6 heteroatoms. The summed E-state index contributed by atoms with van der Waals surface area (Å²) in [5, 5.41) is 0. The molecule has 0 atom stereocenters. The number of carbonyl (C=O) groups excluding carboxylic acids is 1. The number of esters is 1. The fourth-order valence-electron chi connectivity index (χ4n) is 2.56. The van der Waals surface area contributed by atoms with Crippen molar-refractivity contribution in [2.24, 2.45) is 4.99 Å². The quantitative estimate of drug-likeness (QED) is 0.500. The molecule has 0 amide bonds. The van der Waals surface area contributed by atoms with Gasteiger partial charge in [0.2, 0.25) is 0 Å². The molecule has 5 nitrogen and oxygen atoms in total. The molecule has 0 unspecified atom stereocenters. The number of benzene rings is 2. The minimum Gasteiger partial charge on any atom is -0.489 e. The summed E-state index contributed by atoms with van der Waals surface area (Å²) in [6, 6.07) is 16.7. The Morgan fingerprint density at radius 3 is 2.78 bits per heavy atom. The Balaban J connectivity index is 1.50. The molecule has 134 valence electrons. The van der Waals surface area contributed by atoms with Crippen molar-refractivity contribution in [3.8, 4) is 5.75 Å². The predicted molar refractivity (Wildman–Crippen MR) is 96.5 cm³/mol. The molecule has 0 saturated heterocycles. The van der Waals surface area contributed by atoms with Gasteiger partial charge < -0.3 is 13.9 Å². The number of ether oxygens (including phenoxy) is 2. The zero-order chi connectivity index (χ0) is 18.6. The summed E-state index contributed by atoms with van der Waals surface area (Å²) in [6.07, 6.45) is 3.08. The van der Waals surface area contributed by atoms with Gasteiger partial charge in [0.05, 0.1) is 6.26 Å². The molecule has 1 aromatic heterocycles. The van der Waals surface area contributed by atoms with Crippen LogP contribution in [0.3, 0.4) is 0 Å². The van der Waals surface area contributed by atoms with E-state index >= 15 is 0 Å². The fraction of sp³-hybridized carbons (Fsp3) is 0.0476. The molecule has 3 aromatic rings. The van der Waals surface area contributed by atoms with E-state index in [0.29, 0.717) is 11.5 Å². The number of carbonyl (C=O) groups is 1. The fourth-order valence-corrected chi connectivity index (χ4v) is 2.56. The van der Waals surface area contributed by atoms with E-state index in [4.69, 9.17) is 13.9 Å². The van der Waals surface area contributed by atoms with Crippen LogP contribution < -0.4 is 4.74 Å². The molecular weight excluding hydrogens is 349 g/mol. The van der Waals surface area contributed by atoms with E-state index < -0.39 is 5.97 Å². The van der Waals surface area contributed by atoms with Crippen LogP contribution in [0.1, 0.15) is 16.9 Å². The number of nitrogens with zero attached hydrogens (tertiary/aromatic N) is 1. The van der Waals surface area contributed by atoms with Crippen molar-refractivity contribution in [1.29, 1.82) is 0 Å². The highest BCUT2D eigenvalue weighted by Gasteiger charge is 2.25. The molecule has 0 spiro atoms. The van der Waals surface area contributed by atoms with Crippen molar-refractivity contribution in [2.75, 3.05) is 0 Å². The lowest BCUT2D eigenvalue weighted by atomic mass is 10.2. The van der Waals surface area contributed by atoms with Gasteiger partial charge in [-0.1, -0.05) is 24.3 Å². The minimum absolute atomic E-state index is 0.134. The summed E-state index contributed by atoms with van der Waals surface area (Å²) in [5.74, 6) is 0.260. The van der Waals surface area contributed by atoms with Gasteiger partial charge in [0.25, 0.3) is 5.90 Å². The molecule has 27 heavy (non-hydrogen) atoms. The van der Waals surface area contributed by atoms with E-state index in [0.717, 1.165) is 11.1 Å². The van der Waals surface area contributed by atoms with E-state index in [1.54, 1.807) is 48.5 Å². The summed E-state index contributed by atoms with van der Waals surface area (Å²) in [6.45, 7) is 0.237. The van der Waals surface area contributed by atoms with Gasteiger partial charge in [-0.05, 0) is 53.6 Å². The van der Waals surface area contributed by atoms with Crippen LogP contribution in [0.5, 0.6) is 5.75 Å². The molecule has 0 bridgehead atoms. The van der Waals surface area contributed by atoms with E-state index in [1.807, 2.05) is 6.07 Å². The van der Waals surface area contributed by atoms with Gasteiger partial charge in [-0.15, -0.1) is 0 Å². The highest BCUT2D eigenvalue weighted by molar-refractivity contribution is 6.11. The molecule has 4 rings (SSSR count). The van der Waals surface area contributed by atoms with Gasteiger partial charge in [-0.3, -0.25) is 0 Å². The maximum absolute atomic E-state index is 13.2. The largest absolute Gasteiger partial charge is 0.489 e. The Kier molecular flexibility index (Phi) is 4.53. The molecule has 0 N–H and O–H groups in total.